The summed E-state index contributed by atoms with van der Waals surface area (Å²) < 4.78 is 13.2. The third-order valence-corrected chi connectivity index (χ3v) is 3.73. The summed E-state index contributed by atoms with van der Waals surface area (Å²) in [6.07, 6.45) is 1.74. The first-order chi connectivity index (χ1) is 9.62. The number of hydrogen-bond donors (Lipinski definition) is 2. The van der Waals surface area contributed by atoms with E-state index in [0.717, 1.165) is 15.7 Å². The van der Waals surface area contributed by atoms with E-state index in [1.165, 1.54) is 0 Å². The number of ether oxygens (including phenoxy) is 2. The molecule has 0 fully saturated rings. The molecule has 2 aromatic rings. The lowest BCUT2D eigenvalue weighted by Gasteiger charge is -2.19. The Morgan fingerprint density at radius 2 is 2.00 bits per heavy atom. The summed E-state index contributed by atoms with van der Waals surface area (Å²) in [5.41, 5.74) is 4.69. The lowest BCUT2D eigenvalue weighted by atomic mass is 10.0. The van der Waals surface area contributed by atoms with Gasteiger partial charge in [-0.2, -0.15) is 5.10 Å². The molecule has 0 aliphatic carbocycles. The highest BCUT2D eigenvalue weighted by Crippen LogP contribution is 2.33. The monoisotopic (exact) mass is 340 g/mol. The summed E-state index contributed by atoms with van der Waals surface area (Å²) in [6, 6.07) is 5.47. The highest BCUT2D eigenvalue weighted by Gasteiger charge is 2.21. The van der Waals surface area contributed by atoms with Crippen LogP contribution in [-0.2, 0) is 7.05 Å². The van der Waals surface area contributed by atoms with Crippen LogP contribution in [0.2, 0.25) is 0 Å². The summed E-state index contributed by atoms with van der Waals surface area (Å²) >= 11 is 3.48. The number of nitrogens with one attached hydrogen (secondary N) is 1. The summed E-state index contributed by atoms with van der Waals surface area (Å²) in [5, 5.41) is 4.21. The van der Waals surface area contributed by atoms with Crippen molar-refractivity contribution in [2.45, 2.75) is 6.04 Å². The van der Waals surface area contributed by atoms with Crippen LogP contribution in [0.5, 0.6) is 11.5 Å². The molecule has 0 saturated heterocycles. The molecule has 0 aliphatic rings. The second-order valence-corrected chi connectivity index (χ2v) is 5.07. The molecule has 6 nitrogen and oxygen atoms in total. The Morgan fingerprint density at radius 3 is 2.50 bits per heavy atom. The summed E-state index contributed by atoms with van der Waals surface area (Å²) in [7, 11) is 5.07. The van der Waals surface area contributed by atoms with Crippen molar-refractivity contribution in [3.8, 4) is 11.5 Å². The fraction of sp³-hybridized carbons (Fsp3) is 0.308. The first-order valence-corrected chi connectivity index (χ1v) is 6.77. The number of nitrogens with zero attached hydrogens (tertiary/aromatic N) is 2. The topological polar surface area (TPSA) is 74.3 Å². The molecule has 1 aromatic carbocycles. The largest absolute Gasteiger partial charge is 0.493 e. The van der Waals surface area contributed by atoms with Crippen LogP contribution in [0.1, 0.15) is 17.3 Å². The van der Waals surface area contributed by atoms with Gasteiger partial charge in [0.2, 0.25) is 0 Å². The number of halogens is 1. The first-order valence-electron chi connectivity index (χ1n) is 5.97. The summed E-state index contributed by atoms with van der Waals surface area (Å²) in [4.78, 5) is 0. The van der Waals surface area contributed by atoms with E-state index in [1.54, 1.807) is 25.1 Å². The molecule has 20 heavy (non-hydrogen) atoms. The second kappa shape index (κ2) is 6.25. The predicted molar refractivity (Wildman–Crippen MR) is 79.6 cm³/mol. The van der Waals surface area contributed by atoms with E-state index in [9.17, 15) is 0 Å². The van der Waals surface area contributed by atoms with Gasteiger partial charge in [0, 0.05) is 7.05 Å². The van der Waals surface area contributed by atoms with Crippen molar-refractivity contribution in [2.75, 3.05) is 14.2 Å². The van der Waals surface area contributed by atoms with Crippen molar-refractivity contribution in [2.24, 2.45) is 12.9 Å². The van der Waals surface area contributed by atoms with Gasteiger partial charge in [-0.3, -0.25) is 10.5 Å². The van der Waals surface area contributed by atoms with Gasteiger partial charge in [-0.05, 0) is 33.6 Å². The maximum atomic E-state index is 5.71. The molecule has 1 unspecified atom stereocenters. The lowest BCUT2D eigenvalue weighted by Crippen LogP contribution is -2.30. The Kier molecular flexibility index (Phi) is 4.64. The molecule has 2 rings (SSSR count). The van der Waals surface area contributed by atoms with Gasteiger partial charge in [0.15, 0.2) is 11.5 Å². The van der Waals surface area contributed by atoms with E-state index in [0.29, 0.717) is 11.5 Å². The molecule has 108 valence electrons. The smallest absolute Gasteiger partial charge is 0.161 e. The Balaban J connectivity index is 2.47. The van der Waals surface area contributed by atoms with Gasteiger partial charge in [0.25, 0.3) is 0 Å². The van der Waals surface area contributed by atoms with Crippen LogP contribution < -0.4 is 20.7 Å². The molecular weight excluding hydrogens is 324 g/mol. The zero-order chi connectivity index (χ0) is 14.7. The molecule has 0 amide bonds. The number of hydrazine groups is 1. The van der Waals surface area contributed by atoms with Crippen LogP contribution in [0.25, 0.3) is 0 Å². The highest BCUT2D eigenvalue weighted by molar-refractivity contribution is 9.10. The number of aryl methyl sites for hydroxylation is 1. The van der Waals surface area contributed by atoms with Crippen molar-refractivity contribution < 1.29 is 9.47 Å². The fourth-order valence-corrected chi connectivity index (χ4v) is 2.69. The summed E-state index contributed by atoms with van der Waals surface area (Å²) in [5.74, 6) is 7.04. The Bertz CT molecular complexity index is 581. The minimum Gasteiger partial charge on any atom is -0.493 e. The molecule has 3 N–H and O–H groups in total. The minimum absolute atomic E-state index is 0.211. The van der Waals surface area contributed by atoms with E-state index in [4.69, 9.17) is 15.3 Å². The third kappa shape index (κ3) is 2.65. The van der Waals surface area contributed by atoms with Crippen molar-refractivity contribution in [3.05, 3.63) is 40.1 Å². The molecule has 0 aliphatic heterocycles. The number of nitrogens with two attached hydrogens (primary N) is 1. The van der Waals surface area contributed by atoms with Crippen LogP contribution in [0.3, 0.4) is 0 Å². The predicted octanol–water partition coefficient (Wildman–Crippen LogP) is 1.75. The Labute approximate surface area is 126 Å². The van der Waals surface area contributed by atoms with Crippen LogP contribution in [0.15, 0.2) is 28.9 Å². The van der Waals surface area contributed by atoms with Gasteiger partial charge < -0.3 is 9.47 Å². The van der Waals surface area contributed by atoms with Crippen LogP contribution in [-0.4, -0.2) is 24.0 Å². The maximum Gasteiger partial charge on any atom is 0.161 e. The number of methoxy groups -OCH3 is 2. The quantitative estimate of drug-likeness (QED) is 0.640. The normalized spacial score (nSPS) is 12.2. The molecular formula is C13H17BrN4O2. The van der Waals surface area contributed by atoms with Gasteiger partial charge >= 0.3 is 0 Å². The number of hydrogen-bond acceptors (Lipinski definition) is 5. The number of benzene rings is 1. The molecule has 0 radical (unpaired) electrons. The van der Waals surface area contributed by atoms with Gasteiger partial charge in [0.05, 0.1) is 36.6 Å². The van der Waals surface area contributed by atoms with Crippen molar-refractivity contribution in [1.29, 1.82) is 0 Å². The van der Waals surface area contributed by atoms with Crippen molar-refractivity contribution in [1.82, 2.24) is 15.2 Å². The average molecular weight is 341 g/mol. The van der Waals surface area contributed by atoms with Gasteiger partial charge in [-0.15, -0.1) is 0 Å². The number of rotatable bonds is 5. The highest BCUT2D eigenvalue weighted by atomic mass is 79.9. The van der Waals surface area contributed by atoms with E-state index >= 15 is 0 Å². The van der Waals surface area contributed by atoms with E-state index in [1.807, 2.05) is 25.2 Å². The molecule has 1 heterocycles. The molecule has 0 saturated carbocycles. The molecule has 0 spiro atoms. The van der Waals surface area contributed by atoms with Gasteiger partial charge in [0.1, 0.15) is 0 Å². The SMILES string of the molecule is COc1ccc(C(NN)c2c(Br)cnn2C)cc1OC. The first kappa shape index (κ1) is 14.8. The molecule has 1 aromatic heterocycles. The average Bonchev–Trinajstić information content (AvgIpc) is 2.80. The zero-order valence-electron chi connectivity index (χ0n) is 11.6. The van der Waals surface area contributed by atoms with Crippen LogP contribution in [0.4, 0.5) is 0 Å². The zero-order valence-corrected chi connectivity index (χ0v) is 13.1. The molecule has 0 bridgehead atoms. The Hall–Kier alpha value is -1.57. The van der Waals surface area contributed by atoms with Crippen LogP contribution >= 0.6 is 15.9 Å². The van der Waals surface area contributed by atoms with Crippen molar-refractivity contribution >= 4 is 15.9 Å². The van der Waals surface area contributed by atoms with E-state index in [2.05, 4.69) is 26.5 Å². The second-order valence-electron chi connectivity index (χ2n) is 4.22. The van der Waals surface area contributed by atoms with Crippen LogP contribution in [0, 0.1) is 0 Å². The van der Waals surface area contributed by atoms with E-state index < -0.39 is 0 Å². The fourth-order valence-electron chi connectivity index (χ4n) is 2.11. The van der Waals surface area contributed by atoms with Gasteiger partial charge in [-0.25, -0.2) is 5.43 Å². The Morgan fingerprint density at radius 1 is 1.30 bits per heavy atom. The summed E-state index contributed by atoms with van der Waals surface area (Å²) in [6.45, 7) is 0. The lowest BCUT2D eigenvalue weighted by molar-refractivity contribution is 0.354. The number of aromatic nitrogens is 2. The standard InChI is InChI=1S/C13H17BrN4O2/c1-18-13(9(14)7-16-18)12(17-15)8-4-5-10(19-2)11(6-8)20-3/h4-7,12,17H,15H2,1-3H3. The molecule has 1 atom stereocenters. The van der Waals surface area contributed by atoms with Gasteiger partial charge in [-0.1, -0.05) is 6.07 Å². The minimum atomic E-state index is -0.211. The maximum absolute atomic E-state index is 5.71. The third-order valence-electron chi connectivity index (χ3n) is 3.12. The van der Waals surface area contributed by atoms with E-state index in [-0.39, 0.29) is 6.04 Å². The van der Waals surface area contributed by atoms with Crippen molar-refractivity contribution in [3.63, 3.8) is 0 Å². The molecule has 7 heteroatoms.